The van der Waals surface area contributed by atoms with Crippen molar-refractivity contribution in [2.75, 3.05) is 0 Å². The molecule has 2 nitrogen and oxygen atoms in total. The van der Waals surface area contributed by atoms with Crippen LogP contribution in [-0.4, -0.2) is 12.1 Å². The molecule has 3 unspecified atom stereocenters. The molecule has 2 aliphatic rings. The van der Waals surface area contributed by atoms with Gasteiger partial charge in [-0.25, -0.2) is 9.18 Å². The van der Waals surface area contributed by atoms with E-state index in [1.165, 1.54) is 12.5 Å². The molecule has 0 radical (unpaired) electrons. The van der Waals surface area contributed by atoms with Crippen LogP contribution in [0.1, 0.15) is 50.4 Å². The Labute approximate surface area is 133 Å². The zero-order chi connectivity index (χ0) is 15.4. The largest absolute Gasteiger partial charge is 0.458 e. The average molecular weight is 355 g/mol. The van der Waals surface area contributed by atoms with E-state index in [9.17, 15) is 9.18 Å². The summed E-state index contributed by atoms with van der Waals surface area (Å²) in [6.07, 6.45) is 3.17. The van der Waals surface area contributed by atoms with Gasteiger partial charge in [-0.15, -0.1) is 0 Å². The molecule has 1 aromatic carbocycles. The van der Waals surface area contributed by atoms with Gasteiger partial charge in [0.05, 0.1) is 10.0 Å². The predicted octanol–water partition coefficient (Wildman–Crippen LogP) is 4.96. The number of carbonyl (C=O) groups excluding carboxylic acids is 1. The zero-order valence-corrected chi connectivity index (χ0v) is 14.2. The first-order valence-corrected chi connectivity index (χ1v) is 8.21. The number of ether oxygens (including phenoxy) is 1. The standard InChI is InChI=1S/C17H20BrFO2/c1-16(2)11-6-7-17(16,3)14(9-11)21-15(20)10-4-5-12(18)13(19)8-10/h4-5,8,11,14H,6-7,9H2,1-3H3. The van der Waals surface area contributed by atoms with Crippen LogP contribution in [0, 0.1) is 22.6 Å². The van der Waals surface area contributed by atoms with Crippen molar-refractivity contribution in [2.45, 2.75) is 46.1 Å². The molecule has 21 heavy (non-hydrogen) atoms. The quantitative estimate of drug-likeness (QED) is 0.701. The fourth-order valence-corrected chi connectivity index (χ4v) is 4.38. The van der Waals surface area contributed by atoms with E-state index >= 15 is 0 Å². The molecule has 2 aliphatic carbocycles. The lowest BCUT2D eigenvalue weighted by atomic mass is 9.70. The van der Waals surface area contributed by atoms with Gasteiger partial charge in [0.2, 0.25) is 0 Å². The van der Waals surface area contributed by atoms with E-state index in [4.69, 9.17) is 4.74 Å². The molecule has 1 aromatic rings. The van der Waals surface area contributed by atoms with Crippen molar-refractivity contribution in [3.8, 4) is 0 Å². The fraction of sp³-hybridized carbons (Fsp3) is 0.588. The van der Waals surface area contributed by atoms with Gasteiger partial charge < -0.3 is 4.74 Å². The topological polar surface area (TPSA) is 26.3 Å². The normalized spacial score (nSPS) is 33.2. The fourth-order valence-electron chi connectivity index (χ4n) is 4.13. The highest BCUT2D eigenvalue weighted by Gasteiger charge is 2.62. The van der Waals surface area contributed by atoms with E-state index in [-0.39, 0.29) is 22.5 Å². The van der Waals surface area contributed by atoms with Crippen LogP contribution in [0.3, 0.4) is 0 Å². The third-order valence-electron chi connectivity index (χ3n) is 6.12. The molecule has 2 saturated carbocycles. The van der Waals surface area contributed by atoms with Gasteiger partial charge >= 0.3 is 5.97 Å². The van der Waals surface area contributed by atoms with Gasteiger partial charge in [0, 0.05) is 5.41 Å². The second-order valence-corrected chi connectivity index (χ2v) is 7.99. The maximum atomic E-state index is 13.5. The lowest BCUT2D eigenvalue weighted by Gasteiger charge is -2.38. The van der Waals surface area contributed by atoms with Crippen molar-refractivity contribution in [2.24, 2.45) is 16.7 Å². The lowest BCUT2D eigenvalue weighted by Crippen LogP contribution is -2.38. The maximum absolute atomic E-state index is 13.5. The number of esters is 1. The molecule has 0 N–H and O–H groups in total. The molecule has 3 rings (SSSR count). The summed E-state index contributed by atoms with van der Waals surface area (Å²) in [5, 5.41) is 0. The summed E-state index contributed by atoms with van der Waals surface area (Å²) in [7, 11) is 0. The van der Waals surface area contributed by atoms with Gasteiger partial charge in [-0.3, -0.25) is 0 Å². The average Bonchev–Trinajstić information content (AvgIpc) is 2.75. The Morgan fingerprint density at radius 1 is 1.38 bits per heavy atom. The summed E-state index contributed by atoms with van der Waals surface area (Å²) in [4.78, 5) is 12.3. The van der Waals surface area contributed by atoms with Gasteiger partial charge in [0.15, 0.2) is 0 Å². The van der Waals surface area contributed by atoms with E-state index < -0.39 is 11.8 Å². The molecular formula is C17H20BrFO2. The molecule has 0 heterocycles. The Hall–Kier alpha value is -0.900. The van der Waals surface area contributed by atoms with Crippen molar-refractivity contribution >= 4 is 21.9 Å². The minimum Gasteiger partial charge on any atom is -0.458 e. The second-order valence-electron chi connectivity index (χ2n) is 7.13. The van der Waals surface area contributed by atoms with E-state index in [2.05, 4.69) is 36.7 Å². The number of hydrogen-bond acceptors (Lipinski definition) is 2. The minimum absolute atomic E-state index is 0.0290. The Kier molecular flexibility index (Phi) is 3.43. The van der Waals surface area contributed by atoms with Crippen LogP contribution in [0.15, 0.2) is 22.7 Å². The molecule has 0 saturated heterocycles. The van der Waals surface area contributed by atoms with Gasteiger partial charge in [-0.1, -0.05) is 20.8 Å². The van der Waals surface area contributed by atoms with Gasteiger partial charge in [-0.05, 0) is 64.7 Å². The van der Waals surface area contributed by atoms with Crippen LogP contribution < -0.4 is 0 Å². The Balaban J connectivity index is 1.79. The first-order valence-electron chi connectivity index (χ1n) is 7.42. The van der Waals surface area contributed by atoms with E-state index in [1.54, 1.807) is 12.1 Å². The Morgan fingerprint density at radius 2 is 2.10 bits per heavy atom. The van der Waals surface area contributed by atoms with Crippen LogP contribution in [-0.2, 0) is 4.74 Å². The van der Waals surface area contributed by atoms with Crippen molar-refractivity contribution < 1.29 is 13.9 Å². The first kappa shape index (κ1) is 15.0. The molecular weight excluding hydrogens is 335 g/mol. The highest BCUT2D eigenvalue weighted by Crippen LogP contribution is 2.66. The molecule has 3 atom stereocenters. The maximum Gasteiger partial charge on any atom is 0.338 e. The zero-order valence-electron chi connectivity index (χ0n) is 12.6. The summed E-state index contributed by atoms with van der Waals surface area (Å²) >= 11 is 3.09. The van der Waals surface area contributed by atoms with Crippen LogP contribution in [0.25, 0.3) is 0 Å². The minimum atomic E-state index is -0.441. The van der Waals surface area contributed by atoms with Gasteiger partial charge in [0.25, 0.3) is 0 Å². The number of fused-ring (bicyclic) bond motifs is 2. The molecule has 2 fully saturated rings. The number of halogens is 2. The van der Waals surface area contributed by atoms with Crippen LogP contribution >= 0.6 is 15.9 Å². The lowest BCUT2D eigenvalue weighted by molar-refractivity contribution is -0.0242. The highest BCUT2D eigenvalue weighted by molar-refractivity contribution is 9.10. The van der Waals surface area contributed by atoms with Crippen LogP contribution in [0.5, 0.6) is 0 Å². The van der Waals surface area contributed by atoms with Crippen molar-refractivity contribution in [3.05, 3.63) is 34.1 Å². The third-order valence-corrected chi connectivity index (χ3v) is 6.76. The van der Waals surface area contributed by atoms with Crippen molar-refractivity contribution in [3.63, 3.8) is 0 Å². The number of hydrogen-bond donors (Lipinski definition) is 0. The highest BCUT2D eigenvalue weighted by atomic mass is 79.9. The number of rotatable bonds is 2. The summed E-state index contributed by atoms with van der Waals surface area (Å²) in [5.74, 6) is -0.248. The molecule has 114 valence electrons. The predicted molar refractivity (Wildman–Crippen MR) is 82.5 cm³/mol. The molecule has 0 aliphatic heterocycles. The second kappa shape index (κ2) is 4.80. The molecule has 4 heteroatoms. The van der Waals surface area contributed by atoms with E-state index in [0.717, 1.165) is 12.8 Å². The van der Waals surface area contributed by atoms with E-state index in [1.807, 2.05) is 0 Å². The van der Waals surface area contributed by atoms with Gasteiger partial charge in [-0.2, -0.15) is 0 Å². The SMILES string of the molecule is CC1(C)C2CCC1(C)C(OC(=O)c1ccc(Br)c(F)c1)C2. The summed E-state index contributed by atoms with van der Waals surface area (Å²) < 4.78 is 19.6. The Morgan fingerprint density at radius 3 is 2.62 bits per heavy atom. The van der Waals surface area contributed by atoms with Crippen LogP contribution in [0.4, 0.5) is 4.39 Å². The molecule has 0 aromatic heterocycles. The van der Waals surface area contributed by atoms with E-state index in [0.29, 0.717) is 10.4 Å². The first-order chi connectivity index (χ1) is 9.75. The Bertz CT molecular complexity index is 598. The smallest absolute Gasteiger partial charge is 0.338 e. The third kappa shape index (κ3) is 2.14. The van der Waals surface area contributed by atoms with Crippen molar-refractivity contribution in [1.29, 1.82) is 0 Å². The van der Waals surface area contributed by atoms with Crippen LogP contribution in [0.2, 0.25) is 0 Å². The summed E-state index contributed by atoms with van der Waals surface area (Å²) in [5.41, 5.74) is 0.504. The molecule has 2 bridgehead atoms. The number of benzene rings is 1. The molecule has 0 spiro atoms. The van der Waals surface area contributed by atoms with Crippen molar-refractivity contribution in [1.82, 2.24) is 0 Å². The number of carbonyl (C=O) groups is 1. The van der Waals surface area contributed by atoms with Gasteiger partial charge in [0.1, 0.15) is 11.9 Å². The summed E-state index contributed by atoms with van der Waals surface area (Å²) in [6.45, 7) is 6.77. The monoisotopic (exact) mass is 354 g/mol. The summed E-state index contributed by atoms with van der Waals surface area (Å²) in [6, 6.07) is 4.36. The molecule has 0 amide bonds.